The number of rotatable bonds is 10. The van der Waals surface area contributed by atoms with E-state index in [2.05, 4.69) is 25.3 Å². The minimum atomic E-state index is -3.55. The predicted molar refractivity (Wildman–Crippen MR) is 143 cm³/mol. The molecule has 4 heterocycles. The molecule has 0 saturated carbocycles. The fourth-order valence-electron chi connectivity index (χ4n) is 4.97. The molecule has 0 aliphatic carbocycles. The van der Waals surface area contributed by atoms with E-state index in [0.29, 0.717) is 44.5 Å². The molecule has 0 unspecified atom stereocenters. The van der Waals surface area contributed by atoms with Gasteiger partial charge in [0.05, 0.1) is 41.9 Å². The molecule has 2 aliphatic rings. The van der Waals surface area contributed by atoms with Gasteiger partial charge in [0, 0.05) is 44.1 Å². The number of nitrogens with zero attached hydrogens (tertiary/aromatic N) is 6. The second-order valence-corrected chi connectivity index (χ2v) is 13.2. The third kappa shape index (κ3) is 7.69. The number of hydrogen-bond donors (Lipinski definition) is 3. The quantitative estimate of drug-likeness (QED) is 0.399. The Bertz CT molecular complexity index is 1180. The molecule has 2 aromatic heterocycles. The molecular weight excluding hydrogens is 513 g/mol. The van der Waals surface area contributed by atoms with Crippen molar-refractivity contribution in [1.82, 2.24) is 29.0 Å². The fraction of sp³-hybridized carbons (Fsp3) is 0.720. The van der Waals surface area contributed by atoms with Gasteiger partial charge in [0.1, 0.15) is 6.17 Å². The molecule has 2 fully saturated rings. The lowest BCUT2D eigenvalue weighted by atomic mass is 10.1. The van der Waals surface area contributed by atoms with Crippen LogP contribution in [0.3, 0.4) is 0 Å². The fourth-order valence-corrected chi connectivity index (χ4v) is 6.48. The highest BCUT2D eigenvalue weighted by Gasteiger charge is 2.35. The van der Waals surface area contributed by atoms with Crippen LogP contribution >= 0.6 is 0 Å². The van der Waals surface area contributed by atoms with Crippen LogP contribution in [-0.2, 0) is 16.6 Å². The summed E-state index contributed by atoms with van der Waals surface area (Å²) in [4.78, 5) is 11.1. The molecule has 4 rings (SSSR count). The minimum Gasteiger partial charge on any atom is -0.393 e. The van der Waals surface area contributed by atoms with Gasteiger partial charge in [-0.15, -0.1) is 0 Å². The van der Waals surface area contributed by atoms with E-state index >= 15 is 4.39 Å². The zero-order chi connectivity index (χ0) is 27.5. The summed E-state index contributed by atoms with van der Waals surface area (Å²) in [5.41, 5.74) is 1.34. The van der Waals surface area contributed by atoms with E-state index in [1.807, 2.05) is 6.92 Å². The van der Waals surface area contributed by atoms with Gasteiger partial charge in [-0.3, -0.25) is 4.68 Å². The molecule has 11 nitrogen and oxygen atoms in total. The Kier molecular flexibility index (Phi) is 9.03. The van der Waals surface area contributed by atoms with E-state index < -0.39 is 27.8 Å². The molecule has 13 heteroatoms. The average Bonchev–Trinajstić information content (AvgIpc) is 3.29. The second kappa shape index (κ2) is 11.9. The Morgan fingerprint density at radius 3 is 2.61 bits per heavy atom. The van der Waals surface area contributed by atoms with Crippen LogP contribution in [0.1, 0.15) is 45.1 Å². The Hall–Kier alpha value is -2.19. The average molecular weight is 554 g/mol. The summed E-state index contributed by atoms with van der Waals surface area (Å²) in [6.45, 7) is 7.87. The summed E-state index contributed by atoms with van der Waals surface area (Å²) in [6.07, 6.45) is 5.70. The molecule has 3 N–H and O–H groups in total. The van der Waals surface area contributed by atoms with Crippen molar-refractivity contribution in [3.8, 4) is 11.3 Å². The van der Waals surface area contributed by atoms with Gasteiger partial charge in [0.15, 0.2) is 0 Å². The number of aliphatic hydroxyl groups excluding tert-OH is 1. The van der Waals surface area contributed by atoms with E-state index in [4.69, 9.17) is 0 Å². The minimum absolute atomic E-state index is 0.0115. The molecule has 0 spiro atoms. The lowest BCUT2D eigenvalue weighted by Crippen LogP contribution is -2.50. The highest BCUT2D eigenvalue weighted by Crippen LogP contribution is 2.25. The van der Waals surface area contributed by atoms with Crippen molar-refractivity contribution in [3.63, 3.8) is 0 Å². The van der Waals surface area contributed by atoms with Crippen molar-refractivity contribution >= 4 is 16.0 Å². The van der Waals surface area contributed by atoms with E-state index in [0.717, 1.165) is 24.2 Å². The zero-order valence-corrected chi connectivity index (χ0v) is 23.2. The van der Waals surface area contributed by atoms with Crippen molar-refractivity contribution in [2.24, 2.45) is 0 Å². The van der Waals surface area contributed by atoms with Crippen molar-refractivity contribution in [2.45, 2.75) is 76.9 Å². The van der Waals surface area contributed by atoms with Crippen LogP contribution in [0.15, 0.2) is 18.6 Å². The van der Waals surface area contributed by atoms with E-state index in [1.54, 1.807) is 37.1 Å². The van der Waals surface area contributed by atoms with Gasteiger partial charge in [-0.25, -0.2) is 22.8 Å². The van der Waals surface area contributed by atoms with E-state index in [9.17, 15) is 18.6 Å². The van der Waals surface area contributed by atoms with Gasteiger partial charge >= 0.3 is 0 Å². The number of piperidine rings is 2. The van der Waals surface area contributed by atoms with Crippen molar-refractivity contribution in [2.75, 3.05) is 43.8 Å². The third-order valence-corrected chi connectivity index (χ3v) is 9.00. The standard InChI is InChI=1S/C25H40FN7O4S/c1-18-13-27-24(30-23(18)19-14-28-32(15-19)17-25(2,3)35)29-22-7-11-33(16-21(22)26)38(36,37)12-4-8-31-9-5-20(34)6-10-31/h13-15,20-22,34-35H,4-12,16-17H2,1-3H3,(H,27,29,30)/t21-,22+/m1/s1. The smallest absolute Gasteiger partial charge is 0.223 e. The number of sulfonamides is 1. The van der Waals surface area contributed by atoms with Crippen molar-refractivity contribution < 1.29 is 23.0 Å². The first-order chi connectivity index (χ1) is 17.9. The SMILES string of the molecule is Cc1cnc(N[C@H]2CCN(S(=O)(=O)CCCN3CCC(O)CC3)C[C@H]2F)nc1-c1cnn(CC(C)(C)O)c1. The Balaban J connectivity index is 1.31. The number of nitrogens with one attached hydrogen (secondary N) is 1. The molecule has 2 aliphatic heterocycles. The summed E-state index contributed by atoms with van der Waals surface area (Å²) in [5, 5.41) is 27.0. The summed E-state index contributed by atoms with van der Waals surface area (Å²) in [7, 11) is -3.55. The molecule has 0 bridgehead atoms. The molecule has 0 radical (unpaired) electrons. The van der Waals surface area contributed by atoms with E-state index in [1.165, 1.54) is 4.31 Å². The molecule has 38 heavy (non-hydrogen) atoms. The summed E-state index contributed by atoms with van der Waals surface area (Å²) in [5.74, 6) is 0.263. The van der Waals surface area contributed by atoms with E-state index in [-0.39, 0.29) is 30.9 Å². The first kappa shape index (κ1) is 28.8. The lowest BCUT2D eigenvalue weighted by molar-refractivity contribution is 0.0577. The number of alkyl halides is 1. The highest BCUT2D eigenvalue weighted by atomic mass is 32.2. The first-order valence-electron chi connectivity index (χ1n) is 13.3. The van der Waals surface area contributed by atoms with Gasteiger partial charge in [0.25, 0.3) is 0 Å². The topological polar surface area (TPSA) is 137 Å². The van der Waals surface area contributed by atoms with Gasteiger partial charge in [0.2, 0.25) is 16.0 Å². The number of aryl methyl sites for hydroxylation is 1. The van der Waals surface area contributed by atoms with Crippen molar-refractivity contribution in [3.05, 3.63) is 24.2 Å². The number of halogens is 1. The van der Waals surface area contributed by atoms with Crippen LogP contribution in [0.4, 0.5) is 10.3 Å². The largest absolute Gasteiger partial charge is 0.393 e. The van der Waals surface area contributed by atoms with Crippen LogP contribution in [-0.4, -0.2) is 110 Å². The maximum atomic E-state index is 15.1. The first-order valence-corrected chi connectivity index (χ1v) is 14.9. The summed E-state index contributed by atoms with van der Waals surface area (Å²) in [6, 6.07) is -0.602. The summed E-state index contributed by atoms with van der Waals surface area (Å²) < 4.78 is 43.7. The normalized spacial score (nSPS) is 22.6. The number of hydrogen-bond acceptors (Lipinski definition) is 9. The number of aromatic nitrogens is 4. The Labute approximate surface area is 224 Å². The van der Waals surface area contributed by atoms with Crippen LogP contribution in [0.5, 0.6) is 0 Å². The third-order valence-electron chi connectivity index (χ3n) is 7.07. The van der Waals surface area contributed by atoms with Gasteiger partial charge in [-0.1, -0.05) is 0 Å². The monoisotopic (exact) mass is 553 g/mol. The Morgan fingerprint density at radius 2 is 1.92 bits per heavy atom. The predicted octanol–water partition coefficient (Wildman–Crippen LogP) is 1.42. The number of aliphatic hydroxyl groups is 2. The van der Waals surface area contributed by atoms with Crippen molar-refractivity contribution in [1.29, 1.82) is 0 Å². The molecular formula is C25H40FN7O4S. The van der Waals surface area contributed by atoms with Crippen LogP contribution < -0.4 is 5.32 Å². The van der Waals surface area contributed by atoms with Gasteiger partial charge in [-0.05, 0) is 58.6 Å². The highest BCUT2D eigenvalue weighted by molar-refractivity contribution is 7.89. The zero-order valence-electron chi connectivity index (χ0n) is 22.4. The Morgan fingerprint density at radius 1 is 1.18 bits per heavy atom. The summed E-state index contributed by atoms with van der Waals surface area (Å²) >= 11 is 0. The number of anilines is 1. The van der Waals surface area contributed by atoms with Crippen LogP contribution in [0.2, 0.25) is 0 Å². The second-order valence-electron chi connectivity index (χ2n) is 11.1. The molecule has 212 valence electrons. The van der Waals surface area contributed by atoms with Crippen LogP contribution in [0, 0.1) is 6.92 Å². The molecule has 0 amide bonds. The van der Waals surface area contributed by atoms with Crippen LogP contribution in [0.25, 0.3) is 11.3 Å². The molecule has 2 saturated heterocycles. The maximum absolute atomic E-state index is 15.1. The number of likely N-dealkylation sites (tertiary alicyclic amines) is 1. The lowest BCUT2D eigenvalue weighted by Gasteiger charge is -2.34. The van der Waals surface area contributed by atoms with Gasteiger partial charge < -0.3 is 20.4 Å². The molecule has 2 aromatic rings. The molecule has 2 atom stereocenters. The molecule has 0 aromatic carbocycles. The maximum Gasteiger partial charge on any atom is 0.223 e. The van der Waals surface area contributed by atoms with Gasteiger partial charge in [-0.2, -0.15) is 9.40 Å².